The van der Waals surface area contributed by atoms with Crippen molar-refractivity contribution in [2.45, 2.75) is 12.3 Å². The molecule has 1 unspecified atom stereocenters. The fourth-order valence-electron chi connectivity index (χ4n) is 2.94. The molecule has 2 aromatic carbocycles. The van der Waals surface area contributed by atoms with Crippen LogP contribution in [0.25, 0.3) is 10.8 Å². The summed E-state index contributed by atoms with van der Waals surface area (Å²) >= 11 is 0. The first kappa shape index (κ1) is 12.7. The zero-order valence-electron chi connectivity index (χ0n) is 11.3. The molecule has 1 aliphatic rings. The van der Waals surface area contributed by atoms with Gasteiger partial charge in [-0.05, 0) is 34.4 Å². The van der Waals surface area contributed by atoms with E-state index < -0.39 is 0 Å². The number of hydrogen-bond acceptors (Lipinski definition) is 4. The number of carbonyl (C=O) groups excluding carboxylic acids is 2. The van der Waals surface area contributed by atoms with Gasteiger partial charge in [-0.15, -0.1) is 0 Å². The predicted molar refractivity (Wildman–Crippen MR) is 73.7 cm³/mol. The summed E-state index contributed by atoms with van der Waals surface area (Å²) in [4.78, 5) is 23.7. The highest BCUT2D eigenvalue weighted by atomic mass is 16.5. The lowest BCUT2D eigenvalue weighted by atomic mass is 9.98. The van der Waals surface area contributed by atoms with Crippen LogP contribution in [-0.2, 0) is 20.7 Å². The molecule has 0 amide bonds. The van der Waals surface area contributed by atoms with Gasteiger partial charge in [-0.3, -0.25) is 4.79 Å². The lowest BCUT2D eigenvalue weighted by molar-refractivity contribution is -0.142. The molecule has 0 radical (unpaired) electrons. The maximum Gasteiger partial charge on any atom is 0.338 e. The van der Waals surface area contributed by atoms with Crippen LogP contribution in [0.3, 0.4) is 0 Å². The second-order valence-corrected chi connectivity index (χ2v) is 4.81. The van der Waals surface area contributed by atoms with Crippen molar-refractivity contribution < 1.29 is 19.1 Å². The molecule has 0 saturated heterocycles. The normalized spacial score (nSPS) is 16.2. The van der Waals surface area contributed by atoms with Gasteiger partial charge in [0.1, 0.15) is 0 Å². The molecule has 4 nitrogen and oxygen atoms in total. The fourth-order valence-corrected chi connectivity index (χ4v) is 2.94. The zero-order chi connectivity index (χ0) is 14.3. The zero-order valence-corrected chi connectivity index (χ0v) is 11.3. The fraction of sp³-hybridized carbons (Fsp3) is 0.250. The molecule has 0 bridgehead atoms. The topological polar surface area (TPSA) is 52.6 Å². The van der Waals surface area contributed by atoms with Gasteiger partial charge in [-0.1, -0.05) is 24.3 Å². The van der Waals surface area contributed by atoms with Gasteiger partial charge in [0.15, 0.2) is 0 Å². The van der Waals surface area contributed by atoms with E-state index in [2.05, 4.69) is 0 Å². The number of benzene rings is 2. The molecule has 0 heterocycles. The molecule has 2 aromatic rings. The summed E-state index contributed by atoms with van der Waals surface area (Å²) in [7, 11) is 2.76. The van der Waals surface area contributed by atoms with E-state index in [1.807, 2.05) is 24.3 Å². The Labute approximate surface area is 116 Å². The van der Waals surface area contributed by atoms with Gasteiger partial charge in [0.2, 0.25) is 0 Å². The standard InChI is InChI=1S/C16H14O4/c1-19-15(17)12-7-6-9-8-13(16(18)20-2)11-5-3-4-10(12)14(9)11/h3-7,13H,8H2,1-2H3. The number of hydrogen-bond donors (Lipinski definition) is 0. The molecule has 0 spiro atoms. The van der Waals surface area contributed by atoms with Gasteiger partial charge < -0.3 is 9.47 Å². The van der Waals surface area contributed by atoms with E-state index >= 15 is 0 Å². The first-order valence-corrected chi connectivity index (χ1v) is 6.38. The highest BCUT2D eigenvalue weighted by Gasteiger charge is 2.31. The number of rotatable bonds is 2. The average Bonchev–Trinajstić information content (AvgIpc) is 2.87. The van der Waals surface area contributed by atoms with Crippen LogP contribution in [0.5, 0.6) is 0 Å². The second kappa shape index (κ2) is 4.63. The molecule has 102 valence electrons. The molecule has 0 N–H and O–H groups in total. The highest BCUT2D eigenvalue weighted by Crippen LogP contribution is 2.40. The predicted octanol–water partition coefficient (Wildman–Crippen LogP) is 2.44. The smallest absolute Gasteiger partial charge is 0.338 e. The van der Waals surface area contributed by atoms with E-state index in [1.54, 1.807) is 6.07 Å². The van der Waals surface area contributed by atoms with Crippen molar-refractivity contribution in [3.63, 3.8) is 0 Å². The first-order chi connectivity index (χ1) is 9.67. The lowest BCUT2D eigenvalue weighted by Crippen LogP contribution is -2.12. The third-order valence-corrected chi connectivity index (χ3v) is 3.85. The Morgan fingerprint density at radius 3 is 2.60 bits per heavy atom. The molecule has 3 rings (SSSR count). The maximum atomic E-state index is 11.9. The van der Waals surface area contributed by atoms with Crippen molar-refractivity contribution in [2.75, 3.05) is 14.2 Å². The van der Waals surface area contributed by atoms with Gasteiger partial charge in [-0.25, -0.2) is 4.79 Å². The summed E-state index contributed by atoms with van der Waals surface area (Å²) in [6.45, 7) is 0. The second-order valence-electron chi connectivity index (χ2n) is 4.81. The van der Waals surface area contributed by atoms with E-state index in [9.17, 15) is 9.59 Å². The van der Waals surface area contributed by atoms with Crippen LogP contribution in [0.4, 0.5) is 0 Å². The molecule has 0 fully saturated rings. The van der Waals surface area contributed by atoms with E-state index in [0.29, 0.717) is 12.0 Å². The van der Waals surface area contributed by atoms with Crippen molar-refractivity contribution in [1.82, 2.24) is 0 Å². The van der Waals surface area contributed by atoms with Crippen LogP contribution in [0.15, 0.2) is 30.3 Å². The Morgan fingerprint density at radius 1 is 1.10 bits per heavy atom. The Morgan fingerprint density at radius 2 is 1.90 bits per heavy atom. The number of methoxy groups -OCH3 is 2. The van der Waals surface area contributed by atoms with Crippen LogP contribution in [0.2, 0.25) is 0 Å². The van der Waals surface area contributed by atoms with Gasteiger partial charge in [0.25, 0.3) is 0 Å². The molecule has 1 aliphatic carbocycles. The van der Waals surface area contributed by atoms with E-state index in [4.69, 9.17) is 9.47 Å². The Hall–Kier alpha value is -2.36. The molecular formula is C16H14O4. The summed E-state index contributed by atoms with van der Waals surface area (Å²) in [5.41, 5.74) is 2.52. The number of carbonyl (C=O) groups is 2. The van der Waals surface area contributed by atoms with Crippen molar-refractivity contribution in [1.29, 1.82) is 0 Å². The van der Waals surface area contributed by atoms with E-state index in [-0.39, 0.29) is 17.9 Å². The molecule has 0 saturated carbocycles. The van der Waals surface area contributed by atoms with Crippen molar-refractivity contribution in [2.24, 2.45) is 0 Å². The van der Waals surface area contributed by atoms with Gasteiger partial charge in [0.05, 0.1) is 25.7 Å². The molecule has 4 heteroatoms. The van der Waals surface area contributed by atoms with Crippen molar-refractivity contribution >= 4 is 22.7 Å². The molecule has 0 aromatic heterocycles. The summed E-state index contributed by atoms with van der Waals surface area (Å²) < 4.78 is 9.67. The molecule has 20 heavy (non-hydrogen) atoms. The molecular weight excluding hydrogens is 256 g/mol. The number of ether oxygens (including phenoxy) is 2. The van der Waals surface area contributed by atoms with Crippen molar-refractivity contribution in [3.8, 4) is 0 Å². The van der Waals surface area contributed by atoms with Crippen LogP contribution >= 0.6 is 0 Å². The van der Waals surface area contributed by atoms with Crippen LogP contribution in [0, 0.1) is 0 Å². The average molecular weight is 270 g/mol. The van der Waals surface area contributed by atoms with Gasteiger partial charge in [0, 0.05) is 0 Å². The van der Waals surface area contributed by atoms with E-state index in [0.717, 1.165) is 21.9 Å². The minimum Gasteiger partial charge on any atom is -0.469 e. The Kier molecular flexibility index (Phi) is 2.93. The highest BCUT2D eigenvalue weighted by molar-refractivity contribution is 6.08. The van der Waals surface area contributed by atoms with Gasteiger partial charge >= 0.3 is 11.9 Å². The van der Waals surface area contributed by atoms with Crippen LogP contribution in [0.1, 0.15) is 27.4 Å². The Bertz CT molecular complexity index is 718. The minimum atomic E-state index is -0.366. The van der Waals surface area contributed by atoms with Gasteiger partial charge in [-0.2, -0.15) is 0 Å². The van der Waals surface area contributed by atoms with Crippen LogP contribution in [-0.4, -0.2) is 26.2 Å². The first-order valence-electron chi connectivity index (χ1n) is 6.38. The monoisotopic (exact) mass is 270 g/mol. The molecule has 0 aliphatic heterocycles. The van der Waals surface area contributed by atoms with Crippen LogP contribution < -0.4 is 0 Å². The Balaban J connectivity index is 2.25. The summed E-state index contributed by atoms with van der Waals surface area (Å²) in [6, 6.07) is 9.30. The third kappa shape index (κ3) is 1.68. The SMILES string of the molecule is COC(=O)c1ccc2c3c(cccc13)C(C(=O)OC)C2. The summed E-state index contributed by atoms with van der Waals surface area (Å²) in [5.74, 6) is -0.893. The lowest BCUT2D eigenvalue weighted by Gasteiger charge is -2.09. The summed E-state index contributed by atoms with van der Waals surface area (Å²) in [6.07, 6.45) is 0.615. The maximum absolute atomic E-state index is 11.9. The number of esters is 2. The largest absolute Gasteiger partial charge is 0.469 e. The minimum absolute atomic E-state index is 0.242. The molecule has 1 atom stereocenters. The van der Waals surface area contributed by atoms with Crippen molar-refractivity contribution in [3.05, 3.63) is 47.0 Å². The summed E-state index contributed by atoms with van der Waals surface area (Å²) in [5, 5.41) is 1.81. The quantitative estimate of drug-likeness (QED) is 0.786. The third-order valence-electron chi connectivity index (χ3n) is 3.85. The van der Waals surface area contributed by atoms with E-state index in [1.165, 1.54) is 14.2 Å².